The Hall–Kier alpha value is -0.175. The molecule has 2 atom stereocenters. The summed E-state index contributed by atoms with van der Waals surface area (Å²) in [5.41, 5.74) is 0. The van der Waals surface area contributed by atoms with E-state index in [2.05, 4.69) is 0 Å². The second kappa shape index (κ2) is 9.91. The molecule has 0 aromatic carbocycles. The highest BCUT2D eigenvalue weighted by Gasteiger charge is 1.97. The fourth-order valence-electron chi connectivity index (χ4n) is 0.409. The van der Waals surface area contributed by atoms with Crippen LogP contribution in [0.2, 0.25) is 0 Å². The first kappa shape index (κ1) is 15.3. The van der Waals surface area contributed by atoms with E-state index in [1.165, 1.54) is 0 Å². The molecule has 0 bridgehead atoms. The fourth-order valence-corrected chi connectivity index (χ4v) is 0.409. The molecule has 0 aliphatic heterocycles. The van der Waals surface area contributed by atoms with Crippen molar-refractivity contribution < 1.29 is 30.0 Å². The highest BCUT2D eigenvalue weighted by molar-refractivity contribution is 6.30. The number of aliphatic hydroxyl groups excluding tert-OH is 2. The third kappa shape index (κ3) is 33.6. The molecule has 5 N–H and O–H groups in total. The maximum atomic E-state index is 8.66. The highest BCUT2D eigenvalue weighted by Crippen LogP contribution is 1.85. The number of rotatable bonds is 4. The summed E-state index contributed by atoms with van der Waals surface area (Å²) in [5.74, 6) is 0. The molecule has 0 amide bonds. The van der Waals surface area contributed by atoms with E-state index >= 15 is 0 Å². The van der Waals surface area contributed by atoms with Gasteiger partial charge in [-0.25, -0.2) is 0 Å². The van der Waals surface area contributed by atoms with E-state index in [1.807, 2.05) is 0 Å². The number of hydrogen-bond acceptors (Lipinski definition) is 6. The van der Waals surface area contributed by atoms with Crippen LogP contribution in [0.5, 0.6) is 0 Å². The zero-order chi connectivity index (χ0) is 10.9. The van der Waals surface area contributed by atoms with E-state index < -0.39 is 19.5 Å². The van der Waals surface area contributed by atoms with Crippen LogP contribution in [-0.2, 0) is 4.74 Å². The van der Waals surface area contributed by atoms with Crippen LogP contribution in [0, 0.1) is 0 Å². The largest absolute Gasteiger partial charge is 0.631 e. The second-order valence-corrected chi connectivity index (χ2v) is 2.58. The van der Waals surface area contributed by atoms with Gasteiger partial charge in [0.15, 0.2) is 0 Å². The molecule has 0 radical (unpaired) electrons. The molecule has 13 heavy (non-hydrogen) atoms. The lowest BCUT2D eigenvalue weighted by molar-refractivity contribution is 0.00392. The maximum absolute atomic E-state index is 8.66. The minimum atomic E-state index is -2.17. The average Bonchev–Trinajstić information content (AvgIpc) is 1.83. The Labute approximate surface area is 77.6 Å². The van der Waals surface area contributed by atoms with Gasteiger partial charge in [-0.1, -0.05) is 0 Å². The number of hydrogen-bond donors (Lipinski definition) is 5. The summed E-state index contributed by atoms with van der Waals surface area (Å²) in [6.45, 7) is 3.87. The van der Waals surface area contributed by atoms with Crippen molar-refractivity contribution >= 4 is 7.32 Å². The topological polar surface area (TPSA) is 110 Å². The normalized spacial score (nSPS) is 14.1. The minimum absolute atomic E-state index is 0.297. The van der Waals surface area contributed by atoms with Crippen LogP contribution in [0.3, 0.4) is 0 Å². The van der Waals surface area contributed by atoms with E-state index in [1.54, 1.807) is 13.8 Å². The minimum Gasteiger partial charge on any atom is -0.402 e. The Morgan fingerprint density at radius 2 is 1.23 bits per heavy atom. The van der Waals surface area contributed by atoms with Gasteiger partial charge >= 0.3 is 7.32 Å². The third-order valence-electron chi connectivity index (χ3n) is 0.718. The smallest absolute Gasteiger partial charge is 0.402 e. The zero-order valence-corrected chi connectivity index (χ0v) is 7.79. The van der Waals surface area contributed by atoms with Crippen molar-refractivity contribution in [3.8, 4) is 0 Å². The first-order valence-corrected chi connectivity index (χ1v) is 3.84. The zero-order valence-electron chi connectivity index (χ0n) is 7.79. The number of aliphatic hydroxyl groups is 2. The summed E-state index contributed by atoms with van der Waals surface area (Å²) < 4.78 is 4.86. The van der Waals surface area contributed by atoms with Crippen molar-refractivity contribution in [1.82, 2.24) is 0 Å². The maximum Gasteiger partial charge on any atom is 0.631 e. The summed E-state index contributed by atoms with van der Waals surface area (Å²) in [7, 11) is -2.17. The molecule has 6 nitrogen and oxygen atoms in total. The van der Waals surface area contributed by atoms with E-state index in [0.29, 0.717) is 13.2 Å². The third-order valence-corrected chi connectivity index (χ3v) is 0.718. The summed E-state index contributed by atoms with van der Waals surface area (Å²) in [6.07, 6.45) is -0.882. The quantitative estimate of drug-likeness (QED) is 0.324. The molecular formula is C6H17BO6. The summed E-state index contributed by atoms with van der Waals surface area (Å²) in [4.78, 5) is 0. The highest BCUT2D eigenvalue weighted by atomic mass is 16.5. The van der Waals surface area contributed by atoms with Crippen molar-refractivity contribution in [2.45, 2.75) is 26.1 Å². The average molecular weight is 196 g/mol. The molecule has 0 fully saturated rings. The van der Waals surface area contributed by atoms with Crippen LogP contribution in [-0.4, -0.2) is 58.0 Å². The molecule has 7 heteroatoms. The monoisotopic (exact) mass is 196 g/mol. The Bertz CT molecular complexity index is 86.4. The van der Waals surface area contributed by atoms with Gasteiger partial charge in [-0.3, -0.25) is 0 Å². The fraction of sp³-hybridized carbons (Fsp3) is 1.00. The predicted octanol–water partition coefficient (Wildman–Crippen LogP) is -2.29. The van der Waals surface area contributed by atoms with Gasteiger partial charge < -0.3 is 30.0 Å². The van der Waals surface area contributed by atoms with Gasteiger partial charge in [-0.2, -0.15) is 0 Å². The van der Waals surface area contributed by atoms with Crippen LogP contribution in [0.15, 0.2) is 0 Å². The van der Waals surface area contributed by atoms with Gasteiger partial charge in [0.25, 0.3) is 0 Å². The molecule has 0 aliphatic carbocycles. The summed E-state index contributed by atoms with van der Waals surface area (Å²) in [6, 6.07) is 0. The lowest BCUT2D eigenvalue weighted by Gasteiger charge is -2.06. The van der Waals surface area contributed by atoms with Crippen LogP contribution in [0.4, 0.5) is 0 Å². The predicted molar refractivity (Wildman–Crippen MR) is 46.6 cm³/mol. The van der Waals surface area contributed by atoms with Gasteiger partial charge in [0.05, 0.1) is 25.4 Å². The molecule has 2 unspecified atom stereocenters. The molecule has 0 spiro atoms. The lowest BCUT2D eigenvalue weighted by atomic mass is 10.3. The first-order valence-electron chi connectivity index (χ1n) is 3.84. The van der Waals surface area contributed by atoms with Gasteiger partial charge in [0.2, 0.25) is 0 Å². The lowest BCUT2D eigenvalue weighted by Crippen LogP contribution is -2.16. The van der Waals surface area contributed by atoms with Crippen molar-refractivity contribution in [3.63, 3.8) is 0 Å². The van der Waals surface area contributed by atoms with E-state index in [9.17, 15) is 0 Å². The molecule has 80 valence electrons. The van der Waals surface area contributed by atoms with E-state index in [0.717, 1.165) is 0 Å². The molecule has 0 saturated heterocycles. The molecule has 0 saturated carbocycles. The molecule has 0 aromatic heterocycles. The van der Waals surface area contributed by atoms with Gasteiger partial charge in [0.1, 0.15) is 0 Å². The standard InChI is InChI=1S/C6H14O3.BH3O3/c1-5(7)3-9-4-6(2)8;2-1(3)4/h5-8H,3-4H2,1-2H3;2-4H. The van der Waals surface area contributed by atoms with Crippen LogP contribution >= 0.6 is 0 Å². The van der Waals surface area contributed by atoms with Crippen LogP contribution < -0.4 is 0 Å². The molecule has 0 rings (SSSR count). The Balaban J connectivity index is 0. The van der Waals surface area contributed by atoms with Crippen molar-refractivity contribution in [3.05, 3.63) is 0 Å². The summed E-state index contributed by atoms with van der Waals surface area (Å²) in [5, 5.41) is 38.8. The van der Waals surface area contributed by atoms with Crippen LogP contribution in [0.25, 0.3) is 0 Å². The van der Waals surface area contributed by atoms with Crippen molar-refractivity contribution in [2.75, 3.05) is 13.2 Å². The van der Waals surface area contributed by atoms with Crippen molar-refractivity contribution in [2.24, 2.45) is 0 Å². The van der Waals surface area contributed by atoms with Crippen molar-refractivity contribution in [1.29, 1.82) is 0 Å². The van der Waals surface area contributed by atoms with Gasteiger partial charge in [0, 0.05) is 0 Å². The summed E-state index contributed by atoms with van der Waals surface area (Å²) >= 11 is 0. The first-order chi connectivity index (χ1) is 5.86. The molecule has 0 aliphatic rings. The number of ether oxygens (including phenoxy) is 1. The molecule has 0 aromatic rings. The van der Waals surface area contributed by atoms with Gasteiger partial charge in [-0.15, -0.1) is 0 Å². The van der Waals surface area contributed by atoms with Gasteiger partial charge in [-0.05, 0) is 13.8 Å². The second-order valence-electron chi connectivity index (χ2n) is 2.58. The Morgan fingerprint density at radius 3 is 1.38 bits per heavy atom. The van der Waals surface area contributed by atoms with E-state index in [4.69, 9.17) is 30.0 Å². The van der Waals surface area contributed by atoms with E-state index in [-0.39, 0.29) is 0 Å². The Morgan fingerprint density at radius 1 is 1.00 bits per heavy atom. The molecular weight excluding hydrogens is 179 g/mol. The SMILES string of the molecule is CC(O)COCC(C)O.OB(O)O. The van der Waals surface area contributed by atoms with Crippen LogP contribution in [0.1, 0.15) is 13.8 Å². The molecule has 0 heterocycles. The Kier molecular flexibility index (Phi) is 11.7.